The molecule has 0 spiro atoms. The number of hydrogen-bond acceptors (Lipinski definition) is 5. The summed E-state index contributed by atoms with van der Waals surface area (Å²) in [6, 6.07) is 7.87. The van der Waals surface area contributed by atoms with Crippen molar-refractivity contribution in [3.63, 3.8) is 0 Å². The quantitative estimate of drug-likeness (QED) is 0.667. The molecule has 166 valence electrons. The summed E-state index contributed by atoms with van der Waals surface area (Å²) in [5, 5.41) is 11.0. The number of rotatable bonds is 9. The maximum Gasteiger partial charge on any atom is 0.273 e. The third-order valence-electron chi connectivity index (χ3n) is 6.15. The van der Waals surface area contributed by atoms with E-state index in [-0.39, 0.29) is 17.9 Å². The van der Waals surface area contributed by atoms with Crippen molar-refractivity contribution in [2.24, 2.45) is 5.92 Å². The second-order valence-corrected chi connectivity index (χ2v) is 8.57. The lowest BCUT2D eigenvalue weighted by atomic mass is 9.98. The standard InChI is InChI=1S/C23H31N5O3/c1-31-20-7-4-5-18(13-20)14-22(29)28-11-3-2-6-19(28)10-12-27-16-21(25-26-27)23(30)24-15-17-8-9-17/h4-5,7,13,16-17,19H,2-3,6,8-12,14-15H2,1H3,(H,24,30). The third-order valence-corrected chi connectivity index (χ3v) is 6.15. The predicted octanol–water partition coefficient (Wildman–Crippen LogP) is 2.44. The highest BCUT2D eigenvalue weighted by molar-refractivity contribution is 5.91. The van der Waals surface area contributed by atoms with Gasteiger partial charge >= 0.3 is 0 Å². The zero-order valence-corrected chi connectivity index (χ0v) is 18.1. The number of benzene rings is 1. The zero-order chi connectivity index (χ0) is 21.6. The first-order valence-corrected chi connectivity index (χ1v) is 11.2. The number of ether oxygens (including phenoxy) is 1. The Morgan fingerprint density at radius 1 is 1.23 bits per heavy atom. The molecule has 2 amide bonds. The van der Waals surface area contributed by atoms with Crippen molar-refractivity contribution in [3.05, 3.63) is 41.7 Å². The zero-order valence-electron chi connectivity index (χ0n) is 18.1. The molecule has 1 unspecified atom stereocenters. The molecule has 1 saturated carbocycles. The fourth-order valence-corrected chi connectivity index (χ4v) is 4.13. The van der Waals surface area contributed by atoms with Crippen molar-refractivity contribution in [2.45, 2.75) is 57.5 Å². The smallest absolute Gasteiger partial charge is 0.273 e. The average molecular weight is 426 g/mol. The van der Waals surface area contributed by atoms with E-state index in [1.807, 2.05) is 29.2 Å². The molecule has 2 heterocycles. The molecule has 2 aliphatic rings. The van der Waals surface area contributed by atoms with Crippen molar-refractivity contribution < 1.29 is 14.3 Å². The number of likely N-dealkylation sites (tertiary alicyclic amines) is 1. The molecule has 1 aliphatic carbocycles. The molecule has 2 fully saturated rings. The van der Waals surface area contributed by atoms with Gasteiger partial charge in [0.1, 0.15) is 5.75 Å². The van der Waals surface area contributed by atoms with E-state index in [0.717, 1.165) is 50.1 Å². The number of aryl methyl sites for hydroxylation is 1. The van der Waals surface area contributed by atoms with Gasteiger partial charge < -0.3 is 15.0 Å². The monoisotopic (exact) mass is 425 g/mol. The first-order valence-electron chi connectivity index (χ1n) is 11.2. The third kappa shape index (κ3) is 5.83. The molecule has 1 N–H and O–H groups in total. The van der Waals surface area contributed by atoms with Gasteiger partial charge in [0, 0.05) is 25.7 Å². The highest BCUT2D eigenvalue weighted by Crippen LogP contribution is 2.27. The van der Waals surface area contributed by atoms with Crippen LogP contribution in [0.15, 0.2) is 30.5 Å². The summed E-state index contributed by atoms with van der Waals surface area (Å²) in [6.45, 7) is 2.15. The molecular formula is C23H31N5O3. The average Bonchev–Trinajstić information content (AvgIpc) is 3.51. The van der Waals surface area contributed by atoms with Crippen molar-refractivity contribution in [3.8, 4) is 5.75 Å². The van der Waals surface area contributed by atoms with Crippen molar-refractivity contribution >= 4 is 11.8 Å². The summed E-state index contributed by atoms with van der Waals surface area (Å²) >= 11 is 0. The molecule has 0 radical (unpaired) electrons. The van der Waals surface area contributed by atoms with Crippen LogP contribution in [0.25, 0.3) is 0 Å². The van der Waals surface area contributed by atoms with E-state index in [2.05, 4.69) is 15.6 Å². The van der Waals surface area contributed by atoms with Crippen LogP contribution in [-0.4, -0.2) is 57.9 Å². The summed E-state index contributed by atoms with van der Waals surface area (Å²) in [6.07, 6.45) is 8.43. The number of carbonyl (C=O) groups is 2. The Morgan fingerprint density at radius 2 is 2.10 bits per heavy atom. The molecule has 1 atom stereocenters. The first-order chi connectivity index (χ1) is 15.1. The minimum absolute atomic E-state index is 0.150. The van der Waals surface area contributed by atoms with Gasteiger partial charge in [0.05, 0.1) is 19.7 Å². The lowest BCUT2D eigenvalue weighted by Crippen LogP contribution is -2.44. The minimum Gasteiger partial charge on any atom is -0.497 e. The van der Waals surface area contributed by atoms with E-state index in [9.17, 15) is 9.59 Å². The number of methoxy groups -OCH3 is 1. The van der Waals surface area contributed by atoms with Crippen LogP contribution in [0.5, 0.6) is 5.75 Å². The van der Waals surface area contributed by atoms with Crippen molar-refractivity contribution in [2.75, 3.05) is 20.2 Å². The van der Waals surface area contributed by atoms with Crippen LogP contribution >= 0.6 is 0 Å². The van der Waals surface area contributed by atoms with E-state index in [4.69, 9.17) is 4.74 Å². The number of piperidine rings is 1. The number of amides is 2. The SMILES string of the molecule is COc1cccc(CC(=O)N2CCCCC2CCn2cc(C(=O)NCC3CC3)nn2)c1. The largest absolute Gasteiger partial charge is 0.497 e. The Hall–Kier alpha value is -2.90. The van der Waals surface area contributed by atoms with E-state index in [0.29, 0.717) is 24.6 Å². The van der Waals surface area contributed by atoms with Crippen molar-refractivity contribution in [1.82, 2.24) is 25.2 Å². The molecule has 1 aromatic carbocycles. The molecule has 1 saturated heterocycles. The van der Waals surface area contributed by atoms with Crippen LogP contribution < -0.4 is 10.1 Å². The van der Waals surface area contributed by atoms with Crippen LogP contribution in [-0.2, 0) is 17.8 Å². The molecule has 1 aromatic heterocycles. The maximum absolute atomic E-state index is 13.0. The van der Waals surface area contributed by atoms with Crippen LogP contribution in [0.3, 0.4) is 0 Å². The summed E-state index contributed by atoms with van der Waals surface area (Å²) in [5.74, 6) is 1.39. The van der Waals surface area contributed by atoms with E-state index in [1.54, 1.807) is 18.0 Å². The topological polar surface area (TPSA) is 89.4 Å². The van der Waals surface area contributed by atoms with Gasteiger partial charge in [-0.1, -0.05) is 17.3 Å². The Kier molecular flexibility index (Phi) is 6.84. The molecule has 31 heavy (non-hydrogen) atoms. The van der Waals surface area contributed by atoms with Crippen LogP contribution in [0, 0.1) is 5.92 Å². The Labute approximate surface area is 182 Å². The molecule has 1 aliphatic heterocycles. The molecule has 4 rings (SSSR count). The first kappa shape index (κ1) is 21.3. The predicted molar refractivity (Wildman–Crippen MR) is 116 cm³/mol. The van der Waals surface area contributed by atoms with Gasteiger partial charge in [0.25, 0.3) is 5.91 Å². The summed E-state index contributed by atoms with van der Waals surface area (Å²) in [7, 11) is 1.63. The number of nitrogens with zero attached hydrogens (tertiary/aromatic N) is 4. The van der Waals surface area contributed by atoms with Crippen LogP contribution in [0.2, 0.25) is 0 Å². The van der Waals surface area contributed by atoms with Crippen LogP contribution in [0.1, 0.15) is 54.6 Å². The fourth-order valence-electron chi connectivity index (χ4n) is 4.13. The number of aromatic nitrogens is 3. The van der Waals surface area contributed by atoms with Gasteiger partial charge in [-0.2, -0.15) is 0 Å². The second kappa shape index (κ2) is 9.94. The van der Waals surface area contributed by atoms with Crippen LogP contribution in [0.4, 0.5) is 0 Å². The Balaban J connectivity index is 1.31. The molecule has 0 bridgehead atoms. The van der Waals surface area contributed by atoms with E-state index >= 15 is 0 Å². The van der Waals surface area contributed by atoms with E-state index < -0.39 is 0 Å². The minimum atomic E-state index is -0.161. The highest BCUT2D eigenvalue weighted by atomic mass is 16.5. The molecule has 8 heteroatoms. The maximum atomic E-state index is 13.0. The van der Waals surface area contributed by atoms with Crippen molar-refractivity contribution in [1.29, 1.82) is 0 Å². The van der Waals surface area contributed by atoms with Gasteiger partial charge in [0.2, 0.25) is 5.91 Å². The summed E-state index contributed by atoms with van der Waals surface area (Å²) in [5.41, 5.74) is 1.32. The number of hydrogen-bond donors (Lipinski definition) is 1. The van der Waals surface area contributed by atoms with Gasteiger partial charge in [-0.3, -0.25) is 14.3 Å². The second-order valence-electron chi connectivity index (χ2n) is 8.57. The number of nitrogens with one attached hydrogen (secondary N) is 1. The number of carbonyl (C=O) groups excluding carboxylic acids is 2. The molecule has 8 nitrogen and oxygen atoms in total. The van der Waals surface area contributed by atoms with Gasteiger partial charge in [-0.25, -0.2) is 0 Å². The Bertz CT molecular complexity index is 908. The van der Waals surface area contributed by atoms with Gasteiger partial charge in [-0.15, -0.1) is 5.10 Å². The lowest BCUT2D eigenvalue weighted by Gasteiger charge is -2.36. The van der Waals surface area contributed by atoms with E-state index in [1.165, 1.54) is 12.8 Å². The lowest BCUT2D eigenvalue weighted by molar-refractivity contribution is -0.134. The summed E-state index contributed by atoms with van der Waals surface area (Å²) < 4.78 is 6.98. The highest BCUT2D eigenvalue weighted by Gasteiger charge is 2.27. The summed E-state index contributed by atoms with van der Waals surface area (Å²) in [4.78, 5) is 27.2. The molecular weight excluding hydrogens is 394 g/mol. The Morgan fingerprint density at radius 3 is 2.90 bits per heavy atom. The normalized spacial score (nSPS) is 18.6. The molecule has 2 aromatic rings. The van der Waals surface area contributed by atoms with Gasteiger partial charge in [-0.05, 0) is 62.1 Å². The van der Waals surface area contributed by atoms with Gasteiger partial charge in [0.15, 0.2) is 5.69 Å². The fraction of sp³-hybridized carbons (Fsp3) is 0.565.